The van der Waals surface area contributed by atoms with Crippen LogP contribution in [0.5, 0.6) is 0 Å². The van der Waals surface area contributed by atoms with E-state index in [1.807, 2.05) is 36.4 Å². The molecule has 0 saturated carbocycles. The summed E-state index contributed by atoms with van der Waals surface area (Å²) in [6, 6.07) is 15.8. The summed E-state index contributed by atoms with van der Waals surface area (Å²) in [5.74, 6) is -1.73. The Morgan fingerprint density at radius 3 is 2.29 bits per heavy atom. The van der Waals surface area contributed by atoms with E-state index in [9.17, 15) is 14.4 Å². The zero-order chi connectivity index (χ0) is 24.3. The van der Waals surface area contributed by atoms with Crippen LogP contribution >= 0.6 is 0 Å². The number of rotatable bonds is 7. The molecule has 0 radical (unpaired) electrons. The van der Waals surface area contributed by atoms with Gasteiger partial charge in [-0.2, -0.15) is 0 Å². The first-order valence-corrected chi connectivity index (χ1v) is 11.5. The second-order valence-electron chi connectivity index (χ2n) is 9.38. The summed E-state index contributed by atoms with van der Waals surface area (Å²) in [5, 5.41) is 14.7. The molecule has 180 valence electrons. The summed E-state index contributed by atoms with van der Waals surface area (Å²) in [7, 11) is 0. The fourth-order valence-electron chi connectivity index (χ4n) is 4.71. The largest absolute Gasteiger partial charge is 0.481 e. The molecule has 8 nitrogen and oxygen atoms in total. The van der Waals surface area contributed by atoms with Crippen molar-refractivity contribution in [2.24, 2.45) is 5.92 Å². The fourth-order valence-corrected chi connectivity index (χ4v) is 4.71. The van der Waals surface area contributed by atoms with Crippen LogP contribution in [-0.2, 0) is 19.1 Å². The Bertz CT molecular complexity index is 1040. The lowest BCUT2D eigenvalue weighted by Crippen LogP contribution is -2.58. The molecule has 2 amide bonds. The molecule has 3 N–H and O–H groups in total. The quantitative estimate of drug-likeness (QED) is 0.577. The Morgan fingerprint density at radius 2 is 1.68 bits per heavy atom. The van der Waals surface area contributed by atoms with Crippen molar-refractivity contribution in [1.29, 1.82) is 0 Å². The van der Waals surface area contributed by atoms with Gasteiger partial charge in [-0.25, -0.2) is 4.79 Å². The molecular weight excluding hydrogens is 436 g/mol. The topological polar surface area (TPSA) is 114 Å². The van der Waals surface area contributed by atoms with Crippen molar-refractivity contribution in [2.75, 3.05) is 19.8 Å². The third-order valence-electron chi connectivity index (χ3n) is 6.55. The van der Waals surface area contributed by atoms with Crippen molar-refractivity contribution < 1.29 is 29.0 Å². The molecule has 1 heterocycles. The van der Waals surface area contributed by atoms with E-state index in [2.05, 4.69) is 22.8 Å². The maximum atomic E-state index is 12.9. The van der Waals surface area contributed by atoms with E-state index in [-0.39, 0.29) is 37.5 Å². The number of fused-ring (bicyclic) bond motifs is 3. The molecular formula is C26H30N2O6. The van der Waals surface area contributed by atoms with Gasteiger partial charge in [-0.3, -0.25) is 9.59 Å². The number of nitrogens with one attached hydrogen (secondary N) is 2. The lowest BCUT2D eigenvalue weighted by Gasteiger charge is -2.34. The lowest BCUT2D eigenvalue weighted by atomic mass is 9.91. The number of carbonyl (C=O) groups excluding carboxylic acids is 2. The zero-order valence-corrected chi connectivity index (χ0v) is 19.4. The number of hydrogen-bond acceptors (Lipinski definition) is 5. The monoisotopic (exact) mass is 466 g/mol. The van der Waals surface area contributed by atoms with Crippen molar-refractivity contribution in [2.45, 2.75) is 44.2 Å². The van der Waals surface area contributed by atoms with Gasteiger partial charge in [0.05, 0.1) is 13.0 Å². The van der Waals surface area contributed by atoms with Crippen molar-refractivity contribution in [1.82, 2.24) is 10.6 Å². The molecule has 1 aliphatic carbocycles. The summed E-state index contributed by atoms with van der Waals surface area (Å²) >= 11 is 0. The number of alkyl carbamates (subject to hydrolysis) is 1. The number of ether oxygens (including phenoxy) is 2. The second-order valence-corrected chi connectivity index (χ2v) is 9.38. The van der Waals surface area contributed by atoms with Crippen LogP contribution < -0.4 is 10.6 Å². The van der Waals surface area contributed by atoms with Crippen LogP contribution in [0, 0.1) is 5.92 Å². The molecule has 2 aromatic carbocycles. The number of carbonyl (C=O) groups is 3. The highest BCUT2D eigenvalue weighted by Gasteiger charge is 2.36. The first-order chi connectivity index (χ1) is 16.3. The Morgan fingerprint density at radius 1 is 1.06 bits per heavy atom. The van der Waals surface area contributed by atoms with Crippen molar-refractivity contribution in [3.8, 4) is 11.1 Å². The number of carboxylic acid groups (broad SMARTS) is 1. The van der Waals surface area contributed by atoms with Crippen LogP contribution in [0.25, 0.3) is 11.1 Å². The van der Waals surface area contributed by atoms with E-state index >= 15 is 0 Å². The Balaban J connectivity index is 1.36. The van der Waals surface area contributed by atoms with Crippen LogP contribution in [-0.4, -0.2) is 54.5 Å². The predicted octanol–water partition coefficient (Wildman–Crippen LogP) is 3.30. The SMILES string of the molecule is CC(C)(NC(=O)OCC1c2ccccc2-c2ccccc21)C(=O)NC1CCOCC1CC(=O)O. The highest BCUT2D eigenvalue weighted by Crippen LogP contribution is 2.44. The average molecular weight is 467 g/mol. The third kappa shape index (κ3) is 5.07. The average Bonchev–Trinajstić information content (AvgIpc) is 3.12. The summed E-state index contributed by atoms with van der Waals surface area (Å²) in [4.78, 5) is 36.7. The minimum absolute atomic E-state index is 0.0749. The molecule has 34 heavy (non-hydrogen) atoms. The van der Waals surface area contributed by atoms with Gasteiger partial charge in [0, 0.05) is 24.5 Å². The van der Waals surface area contributed by atoms with E-state index in [1.165, 1.54) is 0 Å². The molecule has 1 fully saturated rings. The fraction of sp³-hybridized carbons (Fsp3) is 0.423. The number of aliphatic carboxylic acids is 1. The molecule has 8 heteroatoms. The highest BCUT2D eigenvalue weighted by atomic mass is 16.5. The lowest BCUT2D eigenvalue weighted by molar-refractivity contribution is -0.140. The van der Waals surface area contributed by atoms with Gasteiger partial charge in [0.1, 0.15) is 12.1 Å². The minimum atomic E-state index is -1.24. The van der Waals surface area contributed by atoms with E-state index in [0.717, 1.165) is 22.3 Å². The normalized spacial score (nSPS) is 19.6. The summed E-state index contributed by atoms with van der Waals surface area (Å²) < 4.78 is 10.9. The number of amides is 2. The van der Waals surface area contributed by atoms with Gasteiger partial charge in [-0.15, -0.1) is 0 Å². The number of benzene rings is 2. The van der Waals surface area contributed by atoms with Gasteiger partial charge in [-0.1, -0.05) is 48.5 Å². The third-order valence-corrected chi connectivity index (χ3v) is 6.55. The molecule has 2 atom stereocenters. The predicted molar refractivity (Wildman–Crippen MR) is 125 cm³/mol. The van der Waals surface area contributed by atoms with Crippen molar-refractivity contribution in [3.63, 3.8) is 0 Å². The van der Waals surface area contributed by atoms with Crippen LogP contribution in [0.1, 0.15) is 43.7 Å². The maximum Gasteiger partial charge on any atom is 0.408 e. The first kappa shape index (κ1) is 23.8. The Kier molecular flexibility index (Phi) is 6.88. The zero-order valence-electron chi connectivity index (χ0n) is 19.4. The first-order valence-electron chi connectivity index (χ1n) is 11.5. The van der Waals surface area contributed by atoms with E-state index in [1.54, 1.807) is 13.8 Å². The summed E-state index contributed by atoms with van der Waals surface area (Å²) in [5.41, 5.74) is 3.25. The van der Waals surface area contributed by atoms with Crippen LogP contribution in [0.3, 0.4) is 0 Å². The Labute approximate surface area is 198 Å². The summed E-state index contributed by atoms with van der Waals surface area (Å²) in [6.45, 7) is 4.06. The van der Waals surface area contributed by atoms with Gasteiger partial charge in [-0.05, 0) is 42.5 Å². The van der Waals surface area contributed by atoms with Gasteiger partial charge in [0.25, 0.3) is 0 Å². The molecule has 2 unspecified atom stereocenters. The van der Waals surface area contributed by atoms with E-state index in [0.29, 0.717) is 13.0 Å². The van der Waals surface area contributed by atoms with E-state index < -0.39 is 23.5 Å². The molecule has 1 saturated heterocycles. The molecule has 2 aromatic rings. The highest BCUT2D eigenvalue weighted by molar-refractivity contribution is 5.89. The second kappa shape index (κ2) is 9.85. The number of hydrogen-bond donors (Lipinski definition) is 3. The summed E-state index contributed by atoms with van der Waals surface area (Å²) in [6.07, 6.45) is -0.258. The molecule has 0 bridgehead atoms. The molecule has 2 aliphatic rings. The van der Waals surface area contributed by atoms with Gasteiger partial charge in [0.15, 0.2) is 0 Å². The maximum absolute atomic E-state index is 12.9. The van der Waals surface area contributed by atoms with Crippen LogP contribution in [0.4, 0.5) is 4.79 Å². The van der Waals surface area contributed by atoms with Crippen LogP contribution in [0.15, 0.2) is 48.5 Å². The molecule has 1 aliphatic heterocycles. The molecule has 4 rings (SSSR count). The van der Waals surface area contributed by atoms with Gasteiger partial charge >= 0.3 is 12.1 Å². The molecule has 0 spiro atoms. The Hall–Kier alpha value is -3.39. The van der Waals surface area contributed by atoms with Crippen molar-refractivity contribution >= 4 is 18.0 Å². The van der Waals surface area contributed by atoms with Gasteiger partial charge < -0.3 is 25.2 Å². The van der Waals surface area contributed by atoms with E-state index in [4.69, 9.17) is 14.6 Å². The van der Waals surface area contributed by atoms with Gasteiger partial charge in [0.2, 0.25) is 5.91 Å². The van der Waals surface area contributed by atoms with Crippen molar-refractivity contribution in [3.05, 3.63) is 59.7 Å². The standard InChI is InChI=1S/C26H30N2O6/c1-26(2,24(31)27-22-11-12-33-14-16(22)13-23(29)30)28-25(32)34-15-21-19-9-5-3-7-17(19)18-8-4-6-10-20(18)21/h3-10,16,21-22H,11-15H2,1-2H3,(H,27,31)(H,28,32)(H,29,30). The smallest absolute Gasteiger partial charge is 0.408 e. The van der Waals surface area contributed by atoms with Crippen LogP contribution in [0.2, 0.25) is 0 Å². The number of carboxylic acids is 1. The molecule has 0 aromatic heterocycles. The minimum Gasteiger partial charge on any atom is -0.481 e.